The highest BCUT2D eigenvalue weighted by atomic mass is 32.2. The second-order valence-electron chi connectivity index (χ2n) is 7.18. The van der Waals surface area contributed by atoms with E-state index in [1.54, 1.807) is 36.4 Å². The highest BCUT2D eigenvalue weighted by Crippen LogP contribution is 2.37. The Labute approximate surface area is 182 Å². The Bertz CT molecular complexity index is 1220. The van der Waals surface area contributed by atoms with Gasteiger partial charge in [0, 0.05) is 22.9 Å². The predicted molar refractivity (Wildman–Crippen MR) is 118 cm³/mol. The molecule has 0 aliphatic carbocycles. The summed E-state index contributed by atoms with van der Waals surface area (Å²) in [5.74, 6) is -0.218. The van der Waals surface area contributed by atoms with Crippen LogP contribution in [0.4, 0.5) is 4.39 Å². The average molecular weight is 439 g/mol. The van der Waals surface area contributed by atoms with Gasteiger partial charge in [0.05, 0.1) is 17.2 Å². The number of benzene rings is 2. The maximum absolute atomic E-state index is 13.5. The number of pyridine rings is 1. The van der Waals surface area contributed by atoms with E-state index in [4.69, 9.17) is 4.74 Å². The van der Waals surface area contributed by atoms with E-state index in [2.05, 4.69) is 18.0 Å². The molecule has 0 amide bonds. The molecule has 0 aliphatic heterocycles. The van der Waals surface area contributed by atoms with Gasteiger partial charge in [0.25, 0.3) is 0 Å². The van der Waals surface area contributed by atoms with Gasteiger partial charge in [-0.1, -0.05) is 38.0 Å². The zero-order valence-electron chi connectivity index (χ0n) is 17.4. The molecule has 0 bridgehead atoms. The second kappa shape index (κ2) is 9.71. The highest BCUT2D eigenvalue weighted by molar-refractivity contribution is 7.90. The molecule has 0 saturated heterocycles. The van der Waals surface area contributed by atoms with Crippen molar-refractivity contribution in [2.45, 2.75) is 31.1 Å². The van der Waals surface area contributed by atoms with Crippen LogP contribution in [0.5, 0.6) is 5.88 Å². The van der Waals surface area contributed by atoms with Crippen LogP contribution in [0.15, 0.2) is 59.5 Å². The summed E-state index contributed by atoms with van der Waals surface area (Å²) in [6.07, 6.45) is 3.98. The van der Waals surface area contributed by atoms with E-state index < -0.39 is 15.7 Å². The van der Waals surface area contributed by atoms with Gasteiger partial charge in [-0.15, -0.1) is 0 Å². The molecule has 5 nitrogen and oxygen atoms in total. The van der Waals surface area contributed by atoms with Crippen LogP contribution in [-0.2, 0) is 9.84 Å². The summed E-state index contributed by atoms with van der Waals surface area (Å²) in [5.41, 5.74) is 2.10. The third-order valence-electron chi connectivity index (χ3n) is 4.79. The largest absolute Gasteiger partial charge is 0.477 e. The molecule has 0 N–H and O–H groups in total. The molecule has 3 aromatic rings. The minimum absolute atomic E-state index is 0.126. The number of aromatic nitrogens is 1. The summed E-state index contributed by atoms with van der Waals surface area (Å²) in [6.45, 7) is 2.50. The number of halogens is 1. The molecule has 3 rings (SSSR count). The molecule has 0 unspecified atom stereocenters. The summed E-state index contributed by atoms with van der Waals surface area (Å²) in [7, 11) is -3.54. The summed E-state index contributed by atoms with van der Waals surface area (Å²) < 4.78 is 44.1. The second-order valence-corrected chi connectivity index (χ2v) is 9.16. The van der Waals surface area contributed by atoms with Gasteiger partial charge in [0.2, 0.25) is 5.88 Å². The number of nitriles is 1. The number of hydrogen-bond acceptors (Lipinski definition) is 5. The van der Waals surface area contributed by atoms with Gasteiger partial charge in [-0.25, -0.2) is 17.8 Å². The lowest BCUT2D eigenvalue weighted by Gasteiger charge is -2.16. The fourth-order valence-electron chi connectivity index (χ4n) is 3.25. The Morgan fingerprint density at radius 3 is 2.42 bits per heavy atom. The van der Waals surface area contributed by atoms with Gasteiger partial charge in [-0.3, -0.25) is 0 Å². The van der Waals surface area contributed by atoms with Crippen molar-refractivity contribution in [3.8, 4) is 34.3 Å². The number of rotatable bonds is 8. The lowest BCUT2D eigenvalue weighted by atomic mass is 9.97. The first kappa shape index (κ1) is 22.4. The van der Waals surface area contributed by atoms with Crippen LogP contribution in [0.1, 0.15) is 31.7 Å². The van der Waals surface area contributed by atoms with Crippen LogP contribution >= 0.6 is 0 Å². The molecule has 0 radical (unpaired) electrons. The van der Waals surface area contributed by atoms with E-state index in [0.29, 0.717) is 29.0 Å². The maximum Gasteiger partial charge on any atom is 0.232 e. The number of ether oxygens (including phenoxy) is 1. The number of nitrogens with zero attached hydrogens (tertiary/aromatic N) is 2. The van der Waals surface area contributed by atoms with Crippen molar-refractivity contribution >= 4 is 9.84 Å². The van der Waals surface area contributed by atoms with Crippen LogP contribution in [0.3, 0.4) is 0 Å². The van der Waals surface area contributed by atoms with Crippen molar-refractivity contribution in [2.24, 2.45) is 0 Å². The van der Waals surface area contributed by atoms with Crippen molar-refractivity contribution in [2.75, 3.05) is 12.9 Å². The van der Waals surface area contributed by atoms with Crippen molar-refractivity contribution in [3.63, 3.8) is 0 Å². The topological polar surface area (TPSA) is 80.0 Å². The summed E-state index contributed by atoms with van der Waals surface area (Å²) in [4.78, 5) is 4.70. The Hall–Kier alpha value is -3.24. The molecule has 1 heterocycles. The van der Waals surface area contributed by atoms with E-state index in [1.807, 2.05) is 0 Å². The fourth-order valence-corrected chi connectivity index (χ4v) is 4.16. The molecular formula is C24H23FN2O3S. The van der Waals surface area contributed by atoms with Crippen molar-refractivity contribution in [1.29, 1.82) is 5.26 Å². The van der Waals surface area contributed by atoms with Crippen LogP contribution in [0.25, 0.3) is 22.4 Å². The lowest BCUT2D eigenvalue weighted by molar-refractivity contribution is 0.294. The highest BCUT2D eigenvalue weighted by Gasteiger charge is 2.21. The van der Waals surface area contributed by atoms with Gasteiger partial charge in [-0.05, 0) is 42.8 Å². The molecule has 160 valence electrons. The minimum atomic E-state index is -3.54. The van der Waals surface area contributed by atoms with Gasteiger partial charge in [0.1, 0.15) is 17.4 Å². The average Bonchev–Trinajstić information content (AvgIpc) is 2.76. The van der Waals surface area contributed by atoms with Crippen molar-refractivity contribution in [1.82, 2.24) is 4.98 Å². The lowest BCUT2D eigenvalue weighted by Crippen LogP contribution is -2.05. The zero-order chi connectivity index (χ0) is 22.4. The van der Waals surface area contributed by atoms with Crippen LogP contribution in [-0.4, -0.2) is 26.3 Å². The first-order valence-corrected chi connectivity index (χ1v) is 11.9. The minimum Gasteiger partial charge on any atom is -0.477 e. The molecule has 1 aromatic heterocycles. The Morgan fingerprint density at radius 2 is 1.77 bits per heavy atom. The van der Waals surface area contributed by atoms with Crippen molar-refractivity contribution < 1.29 is 17.5 Å². The van der Waals surface area contributed by atoms with E-state index >= 15 is 0 Å². The van der Waals surface area contributed by atoms with Gasteiger partial charge in [-0.2, -0.15) is 5.26 Å². The van der Waals surface area contributed by atoms with Crippen LogP contribution in [0, 0.1) is 17.1 Å². The van der Waals surface area contributed by atoms with Crippen LogP contribution in [0.2, 0.25) is 0 Å². The standard InChI is InChI=1S/C24H23FN2O3S/c1-3-4-7-14-30-24-18(16-26)15-21(20-8-5-6-9-22(20)31(2,28)29)23(27-24)17-10-12-19(25)13-11-17/h5-6,8-13,15H,3-4,7,14H2,1-2H3. The third-order valence-corrected chi connectivity index (χ3v) is 5.94. The molecule has 0 saturated carbocycles. The summed E-state index contributed by atoms with van der Waals surface area (Å²) in [5, 5.41) is 9.68. The Morgan fingerprint density at radius 1 is 1.06 bits per heavy atom. The maximum atomic E-state index is 13.5. The fraction of sp³-hybridized carbons (Fsp3) is 0.250. The molecule has 7 heteroatoms. The van der Waals surface area contributed by atoms with Crippen LogP contribution < -0.4 is 4.74 Å². The summed E-state index contributed by atoms with van der Waals surface area (Å²) >= 11 is 0. The molecule has 0 spiro atoms. The van der Waals surface area contributed by atoms with Gasteiger partial charge in [0.15, 0.2) is 9.84 Å². The molecular weight excluding hydrogens is 415 g/mol. The van der Waals surface area contributed by atoms with E-state index in [-0.39, 0.29) is 16.3 Å². The van der Waals surface area contributed by atoms with Gasteiger partial charge >= 0.3 is 0 Å². The molecule has 0 atom stereocenters. The SMILES string of the molecule is CCCCCOc1nc(-c2ccc(F)cc2)c(-c2ccccc2S(C)(=O)=O)cc1C#N. The normalized spacial score (nSPS) is 11.2. The number of hydrogen-bond donors (Lipinski definition) is 0. The zero-order valence-corrected chi connectivity index (χ0v) is 18.2. The smallest absolute Gasteiger partial charge is 0.232 e. The molecule has 0 aliphatic rings. The summed E-state index contributed by atoms with van der Waals surface area (Å²) in [6, 6.07) is 16.0. The third kappa shape index (κ3) is 5.28. The Kier molecular flexibility index (Phi) is 7.03. The van der Waals surface area contributed by atoms with Crippen molar-refractivity contribution in [3.05, 3.63) is 66.0 Å². The number of sulfone groups is 1. The predicted octanol–water partition coefficient (Wildman–Crippen LogP) is 5.40. The monoisotopic (exact) mass is 438 g/mol. The molecule has 2 aromatic carbocycles. The van der Waals surface area contributed by atoms with E-state index in [0.717, 1.165) is 25.5 Å². The first-order valence-electron chi connectivity index (χ1n) is 9.98. The number of unbranched alkanes of at least 4 members (excludes halogenated alkanes) is 2. The first-order chi connectivity index (χ1) is 14.8. The Balaban J connectivity index is 2.23. The molecule has 31 heavy (non-hydrogen) atoms. The molecule has 0 fully saturated rings. The van der Waals surface area contributed by atoms with E-state index in [1.165, 1.54) is 18.2 Å². The van der Waals surface area contributed by atoms with Gasteiger partial charge < -0.3 is 4.74 Å². The quantitative estimate of drug-likeness (QED) is 0.440. The van der Waals surface area contributed by atoms with E-state index in [9.17, 15) is 18.1 Å².